The molecule has 152 valence electrons. The molecule has 8 nitrogen and oxygen atoms in total. The minimum atomic E-state index is -0.334. The first-order valence-corrected chi connectivity index (χ1v) is 9.21. The highest BCUT2D eigenvalue weighted by atomic mass is 35.5. The van der Waals surface area contributed by atoms with Crippen LogP contribution >= 0.6 is 12.4 Å². The summed E-state index contributed by atoms with van der Waals surface area (Å²) in [5.41, 5.74) is 2.70. The molecule has 2 heterocycles. The van der Waals surface area contributed by atoms with Crippen LogP contribution in [0.4, 0.5) is 5.95 Å². The fraction of sp³-hybridized carbons (Fsp3) is 0.474. The van der Waals surface area contributed by atoms with Crippen molar-refractivity contribution >= 4 is 30.2 Å². The molecule has 0 bridgehead atoms. The molecule has 0 unspecified atom stereocenters. The van der Waals surface area contributed by atoms with Gasteiger partial charge in [0.25, 0.3) is 5.91 Å². The Labute approximate surface area is 170 Å². The molecule has 28 heavy (non-hydrogen) atoms. The topological polar surface area (TPSA) is 101 Å². The number of halogens is 1. The minimum Gasteiger partial charge on any atom is -0.343 e. The SMILES string of the molecule is Cc1ccc(C(=O)NCC(=O)Nc2nc(C3CCNCC3)nn2C)cc1C.Cl. The average molecular weight is 407 g/mol. The van der Waals surface area contributed by atoms with Gasteiger partial charge in [-0.25, -0.2) is 4.68 Å². The Morgan fingerprint density at radius 3 is 2.61 bits per heavy atom. The first kappa shape index (κ1) is 21.8. The van der Waals surface area contributed by atoms with Crippen LogP contribution in [0.2, 0.25) is 0 Å². The Morgan fingerprint density at radius 2 is 1.93 bits per heavy atom. The van der Waals surface area contributed by atoms with Gasteiger partial charge in [-0.1, -0.05) is 6.07 Å². The molecule has 2 amide bonds. The van der Waals surface area contributed by atoms with Gasteiger partial charge < -0.3 is 10.6 Å². The molecule has 1 saturated heterocycles. The fourth-order valence-corrected chi connectivity index (χ4v) is 3.08. The van der Waals surface area contributed by atoms with E-state index in [-0.39, 0.29) is 30.8 Å². The summed E-state index contributed by atoms with van der Waals surface area (Å²) in [5.74, 6) is 0.858. The summed E-state index contributed by atoms with van der Waals surface area (Å²) in [6, 6.07) is 5.46. The van der Waals surface area contributed by atoms with E-state index in [1.165, 1.54) is 0 Å². The van der Waals surface area contributed by atoms with Gasteiger partial charge in [-0.15, -0.1) is 12.4 Å². The van der Waals surface area contributed by atoms with E-state index in [0.29, 0.717) is 17.4 Å². The van der Waals surface area contributed by atoms with E-state index in [9.17, 15) is 9.59 Å². The Kier molecular flexibility index (Phi) is 7.53. The van der Waals surface area contributed by atoms with Crippen LogP contribution in [0, 0.1) is 13.8 Å². The highest BCUT2D eigenvalue weighted by Gasteiger charge is 2.21. The number of hydrogen-bond donors (Lipinski definition) is 3. The molecule has 9 heteroatoms. The van der Waals surface area contributed by atoms with E-state index in [2.05, 4.69) is 26.0 Å². The Bertz CT molecular complexity index is 845. The highest BCUT2D eigenvalue weighted by molar-refractivity contribution is 5.99. The molecule has 0 atom stereocenters. The van der Waals surface area contributed by atoms with Crippen LogP contribution in [0.25, 0.3) is 0 Å². The first-order valence-electron chi connectivity index (χ1n) is 9.21. The number of nitrogens with one attached hydrogen (secondary N) is 3. The molecule has 0 saturated carbocycles. The lowest BCUT2D eigenvalue weighted by atomic mass is 9.98. The van der Waals surface area contributed by atoms with Crippen molar-refractivity contribution in [2.45, 2.75) is 32.6 Å². The standard InChI is InChI=1S/C19H26N6O2.ClH/c1-12-4-5-15(10-13(12)2)18(27)21-11-16(26)22-19-23-17(24-25(19)3)14-6-8-20-9-7-14;/h4-5,10,14,20H,6-9,11H2,1-3H3,(H,21,27)(H,22,23,24,26);1H. The Hall–Kier alpha value is -2.45. The summed E-state index contributed by atoms with van der Waals surface area (Å²) in [7, 11) is 1.75. The number of amides is 2. The molecule has 1 aliphatic heterocycles. The van der Waals surface area contributed by atoms with Gasteiger partial charge in [-0.05, 0) is 63.0 Å². The van der Waals surface area contributed by atoms with Crippen LogP contribution in [-0.4, -0.2) is 46.2 Å². The molecule has 1 aromatic heterocycles. The third kappa shape index (κ3) is 5.30. The monoisotopic (exact) mass is 406 g/mol. The average Bonchev–Trinajstić information content (AvgIpc) is 3.03. The number of anilines is 1. The quantitative estimate of drug-likeness (QED) is 0.701. The molecule has 1 aromatic carbocycles. The van der Waals surface area contributed by atoms with Crippen LogP contribution < -0.4 is 16.0 Å². The van der Waals surface area contributed by atoms with Crippen molar-refractivity contribution < 1.29 is 9.59 Å². The van der Waals surface area contributed by atoms with Crippen LogP contribution in [0.3, 0.4) is 0 Å². The maximum atomic E-state index is 12.2. The van der Waals surface area contributed by atoms with Crippen molar-refractivity contribution in [3.63, 3.8) is 0 Å². The summed E-state index contributed by atoms with van der Waals surface area (Å²) >= 11 is 0. The number of aryl methyl sites for hydroxylation is 3. The summed E-state index contributed by atoms with van der Waals surface area (Å²) < 4.78 is 1.57. The molecular formula is C19H27ClN6O2. The largest absolute Gasteiger partial charge is 0.343 e. The summed E-state index contributed by atoms with van der Waals surface area (Å²) in [5, 5.41) is 13.1. The van der Waals surface area contributed by atoms with Gasteiger partial charge in [0, 0.05) is 18.5 Å². The van der Waals surface area contributed by atoms with Crippen molar-refractivity contribution in [1.29, 1.82) is 0 Å². The van der Waals surface area contributed by atoms with E-state index < -0.39 is 0 Å². The smallest absolute Gasteiger partial charge is 0.251 e. The van der Waals surface area contributed by atoms with Gasteiger partial charge in [0.15, 0.2) is 5.82 Å². The lowest BCUT2D eigenvalue weighted by molar-refractivity contribution is -0.115. The molecule has 0 spiro atoms. The highest BCUT2D eigenvalue weighted by Crippen LogP contribution is 2.23. The van der Waals surface area contributed by atoms with Crippen molar-refractivity contribution in [1.82, 2.24) is 25.4 Å². The van der Waals surface area contributed by atoms with Crippen LogP contribution in [0.15, 0.2) is 18.2 Å². The third-order valence-electron chi connectivity index (χ3n) is 4.91. The molecule has 3 rings (SSSR count). The van der Waals surface area contributed by atoms with Crippen molar-refractivity contribution in [3.05, 3.63) is 40.7 Å². The second kappa shape index (κ2) is 9.66. The second-order valence-corrected chi connectivity index (χ2v) is 6.97. The van der Waals surface area contributed by atoms with Crippen molar-refractivity contribution in [2.24, 2.45) is 7.05 Å². The number of hydrogen-bond acceptors (Lipinski definition) is 5. The Balaban J connectivity index is 0.00000280. The molecule has 2 aromatic rings. The lowest BCUT2D eigenvalue weighted by Crippen LogP contribution is -2.33. The van der Waals surface area contributed by atoms with E-state index in [1.54, 1.807) is 17.8 Å². The van der Waals surface area contributed by atoms with Gasteiger partial charge in [-0.2, -0.15) is 10.1 Å². The number of nitrogens with zero attached hydrogens (tertiary/aromatic N) is 3. The zero-order chi connectivity index (χ0) is 19.4. The van der Waals surface area contributed by atoms with Gasteiger partial charge in [-0.3, -0.25) is 14.9 Å². The maximum absolute atomic E-state index is 12.2. The Morgan fingerprint density at radius 1 is 1.21 bits per heavy atom. The maximum Gasteiger partial charge on any atom is 0.251 e. The van der Waals surface area contributed by atoms with E-state index >= 15 is 0 Å². The molecule has 3 N–H and O–H groups in total. The molecule has 0 aliphatic carbocycles. The number of carbonyl (C=O) groups excluding carboxylic acids is 2. The molecular weight excluding hydrogens is 380 g/mol. The zero-order valence-electron chi connectivity index (χ0n) is 16.4. The van der Waals surface area contributed by atoms with E-state index in [0.717, 1.165) is 42.9 Å². The zero-order valence-corrected chi connectivity index (χ0v) is 17.2. The predicted molar refractivity (Wildman–Crippen MR) is 110 cm³/mol. The number of aromatic nitrogens is 3. The summed E-state index contributed by atoms with van der Waals surface area (Å²) in [6.07, 6.45) is 1.98. The third-order valence-corrected chi connectivity index (χ3v) is 4.91. The number of carbonyl (C=O) groups is 2. The van der Waals surface area contributed by atoms with Gasteiger partial charge in [0.1, 0.15) is 0 Å². The van der Waals surface area contributed by atoms with Crippen molar-refractivity contribution in [2.75, 3.05) is 25.0 Å². The van der Waals surface area contributed by atoms with E-state index in [4.69, 9.17) is 0 Å². The molecule has 1 fully saturated rings. The van der Waals surface area contributed by atoms with Crippen LogP contribution in [-0.2, 0) is 11.8 Å². The van der Waals surface area contributed by atoms with Gasteiger partial charge in [0.2, 0.25) is 11.9 Å². The van der Waals surface area contributed by atoms with Crippen LogP contribution in [0.5, 0.6) is 0 Å². The summed E-state index contributed by atoms with van der Waals surface area (Å²) in [6.45, 7) is 5.72. The fourth-order valence-electron chi connectivity index (χ4n) is 3.08. The molecule has 0 radical (unpaired) electrons. The number of rotatable bonds is 5. The van der Waals surface area contributed by atoms with Gasteiger partial charge >= 0.3 is 0 Å². The second-order valence-electron chi connectivity index (χ2n) is 6.97. The normalized spacial score (nSPS) is 14.2. The number of piperidine rings is 1. The predicted octanol–water partition coefficient (Wildman–Crippen LogP) is 1.69. The van der Waals surface area contributed by atoms with Gasteiger partial charge in [0.05, 0.1) is 6.54 Å². The number of benzene rings is 1. The van der Waals surface area contributed by atoms with Crippen LogP contribution in [0.1, 0.15) is 46.1 Å². The lowest BCUT2D eigenvalue weighted by Gasteiger charge is -2.19. The summed E-state index contributed by atoms with van der Waals surface area (Å²) in [4.78, 5) is 28.9. The van der Waals surface area contributed by atoms with Crippen molar-refractivity contribution in [3.8, 4) is 0 Å². The minimum absolute atomic E-state index is 0. The molecule has 1 aliphatic rings. The first-order chi connectivity index (χ1) is 12.9. The van der Waals surface area contributed by atoms with E-state index in [1.807, 2.05) is 26.0 Å².